The van der Waals surface area contributed by atoms with E-state index in [2.05, 4.69) is 10.2 Å². The summed E-state index contributed by atoms with van der Waals surface area (Å²) in [5, 5.41) is 3.10. The number of aromatic nitrogens is 2. The van der Waals surface area contributed by atoms with E-state index in [1.54, 1.807) is 23.5 Å². The summed E-state index contributed by atoms with van der Waals surface area (Å²) in [7, 11) is 0. The van der Waals surface area contributed by atoms with E-state index in [1.807, 2.05) is 25.1 Å². The van der Waals surface area contributed by atoms with Crippen LogP contribution < -0.4 is 0 Å². The number of fused-ring (bicyclic) bond motifs is 1. The smallest absolute Gasteiger partial charge is 0.209 e. The minimum atomic E-state index is -0.283. The van der Waals surface area contributed by atoms with E-state index < -0.39 is 0 Å². The Bertz CT molecular complexity index is 823. The van der Waals surface area contributed by atoms with Crippen molar-refractivity contribution in [2.24, 2.45) is 5.18 Å². The quantitative estimate of drug-likeness (QED) is 0.656. The highest BCUT2D eigenvalue weighted by molar-refractivity contribution is 5.75. The van der Waals surface area contributed by atoms with Gasteiger partial charge in [-0.2, -0.15) is 0 Å². The SMILES string of the molecule is Cc1cc(-c2nc3cccc(C)n3c2N=O)ccc1F. The molecule has 2 aromatic heterocycles. The van der Waals surface area contributed by atoms with Crippen molar-refractivity contribution in [1.82, 2.24) is 9.38 Å². The fraction of sp³-hybridized carbons (Fsp3) is 0.133. The van der Waals surface area contributed by atoms with Crippen molar-refractivity contribution in [3.8, 4) is 11.3 Å². The maximum absolute atomic E-state index is 13.4. The van der Waals surface area contributed by atoms with Crippen LogP contribution >= 0.6 is 0 Å². The van der Waals surface area contributed by atoms with Gasteiger partial charge in [-0.25, -0.2) is 9.37 Å². The van der Waals surface area contributed by atoms with E-state index in [9.17, 15) is 9.30 Å². The lowest BCUT2D eigenvalue weighted by Gasteiger charge is -2.02. The number of hydrogen-bond acceptors (Lipinski definition) is 3. The van der Waals surface area contributed by atoms with Gasteiger partial charge in [-0.15, -0.1) is 4.91 Å². The molecule has 5 heteroatoms. The Balaban J connectivity index is 2.33. The zero-order valence-electron chi connectivity index (χ0n) is 11.1. The third-order valence-corrected chi connectivity index (χ3v) is 3.33. The molecule has 0 radical (unpaired) electrons. The molecule has 3 aromatic rings. The summed E-state index contributed by atoms with van der Waals surface area (Å²) in [6, 6.07) is 10.2. The van der Waals surface area contributed by atoms with Crippen LogP contribution in [0.3, 0.4) is 0 Å². The number of rotatable bonds is 2. The molecule has 0 aliphatic heterocycles. The van der Waals surface area contributed by atoms with E-state index in [0.29, 0.717) is 22.5 Å². The third-order valence-electron chi connectivity index (χ3n) is 3.33. The molecule has 0 aliphatic carbocycles. The number of aryl methyl sites for hydroxylation is 2. The fourth-order valence-corrected chi connectivity index (χ4v) is 2.31. The number of pyridine rings is 1. The lowest BCUT2D eigenvalue weighted by Crippen LogP contribution is -1.89. The average molecular weight is 269 g/mol. The number of benzene rings is 1. The normalized spacial score (nSPS) is 10.9. The molecule has 0 amide bonds. The van der Waals surface area contributed by atoms with Gasteiger partial charge < -0.3 is 0 Å². The van der Waals surface area contributed by atoms with Gasteiger partial charge in [-0.3, -0.25) is 4.40 Å². The fourth-order valence-electron chi connectivity index (χ4n) is 2.31. The highest BCUT2D eigenvalue weighted by Gasteiger charge is 2.16. The first-order chi connectivity index (χ1) is 9.61. The second-order valence-corrected chi connectivity index (χ2v) is 4.70. The Morgan fingerprint density at radius 1 is 1.20 bits per heavy atom. The Kier molecular flexibility index (Phi) is 2.82. The van der Waals surface area contributed by atoms with E-state index in [-0.39, 0.29) is 11.6 Å². The lowest BCUT2D eigenvalue weighted by atomic mass is 10.1. The maximum Gasteiger partial charge on any atom is 0.209 e. The highest BCUT2D eigenvalue weighted by Crippen LogP contribution is 2.32. The van der Waals surface area contributed by atoms with Crippen LogP contribution in [0, 0.1) is 24.6 Å². The molecular weight excluding hydrogens is 257 g/mol. The first kappa shape index (κ1) is 12.5. The number of nitrogens with zero attached hydrogens (tertiary/aromatic N) is 3. The van der Waals surface area contributed by atoms with Crippen molar-refractivity contribution >= 4 is 11.5 Å². The second-order valence-electron chi connectivity index (χ2n) is 4.70. The molecule has 0 saturated carbocycles. The Morgan fingerprint density at radius 2 is 2.00 bits per heavy atom. The van der Waals surface area contributed by atoms with Gasteiger partial charge in [-0.05, 0) is 54.9 Å². The van der Waals surface area contributed by atoms with Crippen molar-refractivity contribution < 1.29 is 4.39 Å². The summed E-state index contributed by atoms with van der Waals surface area (Å²) in [5.74, 6) is -0.0431. The third kappa shape index (κ3) is 1.79. The summed E-state index contributed by atoms with van der Waals surface area (Å²) in [5.41, 5.74) is 3.18. The Labute approximate surface area is 114 Å². The molecule has 0 N–H and O–H groups in total. The molecule has 0 aliphatic rings. The van der Waals surface area contributed by atoms with E-state index in [4.69, 9.17) is 0 Å². The summed E-state index contributed by atoms with van der Waals surface area (Å²) in [6.07, 6.45) is 0. The van der Waals surface area contributed by atoms with Gasteiger partial charge in [0, 0.05) is 11.3 Å². The molecule has 100 valence electrons. The van der Waals surface area contributed by atoms with Gasteiger partial charge >= 0.3 is 0 Å². The predicted octanol–water partition coefficient (Wildman–Crippen LogP) is 4.16. The van der Waals surface area contributed by atoms with E-state index >= 15 is 0 Å². The predicted molar refractivity (Wildman–Crippen MR) is 75.5 cm³/mol. The van der Waals surface area contributed by atoms with E-state index in [0.717, 1.165) is 5.69 Å². The van der Waals surface area contributed by atoms with Gasteiger partial charge in [0.1, 0.15) is 17.2 Å². The molecule has 0 unspecified atom stereocenters. The molecule has 0 saturated heterocycles. The monoisotopic (exact) mass is 269 g/mol. The van der Waals surface area contributed by atoms with Gasteiger partial charge in [0.25, 0.3) is 0 Å². The molecule has 1 aromatic carbocycles. The zero-order valence-corrected chi connectivity index (χ0v) is 11.1. The van der Waals surface area contributed by atoms with Crippen LogP contribution in [0.2, 0.25) is 0 Å². The summed E-state index contributed by atoms with van der Waals surface area (Å²) < 4.78 is 15.1. The number of halogens is 1. The van der Waals surface area contributed by atoms with Crippen LogP contribution in [0.4, 0.5) is 10.2 Å². The zero-order chi connectivity index (χ0) is 14.3. The molecular formula is C15H12FN3O. The Morgan fingerprint density at radius 3 is 2.70 bits per heavy atom. The summed E-state index contributed by atoms with van der Waals surface area (Å²) >= 11 is 0. The Hall–Kier alpha value is -2.56. The van der Waals surface area contributed by atoms with Crippen LogP contribution in [-0.2, 0) is 0 Å². The minimum absolute atomic E-state index is 0.240. The van der Waals surface area contributed by atoms with Gasteiger partial charge in [0.05, 0.1) is 0 Å². The number of nitroso groups, excluding NO2 is 1. The van der Waals surface area contributed by atoms with Crippen LogP contribution in [0.15, 0.2) is 41.6 Å². The van der Waals surface area contributed by atoms with E-state index in [1.165, 1.54) is 6.07 Å². The molecule has 0 bridgehead atoms. The van der Waals surface area contributed by atoms with Crippen molar-refractivity contribution in [1.29, 1.82) is 0 Å². The largest absolute Gasteiger partial charge is 0.278 e. The molecule has 0 spiro atoms. The second kappa shape index (κ2) is 4.52. The molecule has 4 nitrogen and oxygen atoms in total. The van der Waals surface area contributed by atoms with Gasteiger partial charge in [0.15, 0.2) is 0 Å². The number of hydrogen-bond donors (Lipinski definition) is 0. The van der Waals surface area contributed by atoms with Crippen LogP contribution in [-0.4, -0.2) is 9.38 Å². The van der Waals surface area contributed by atoms with Crippen molar-refractivity contribution in [3.05, 3.63) is 58.4 Å². The van der Waals surface area contributed by atoms with Gasteiger partial charge in [0.2, 0.25) is 5.82 Å². The highest BCUT2D eigenvalue weighted by atomic mass is 19.1. The average Bonchev–Trinajstić information content (AvgIpc) is 2.82. The van der Waals surface area contributed by atoms with Crippen LogP contribution in [0.25, 0.3) is 16.9 Å². The van der Waals surface area contributed by atoms with Crippen LogP contribution in [0.1, 0.15) is 11.3 Å². The topological polar surface area (TPSA) is 46.7 Å². The minimum Gasteiger partial charge on any atom is -0.278 e. The summed E-state index contributed by atoms with van der Waals surface area (Å²) in [6.45, 7) is 3.55. The molecule has 20 heavy (non-hydrogen) atoms. The molecule has 0 atom stereocenters. The standard InChI is InChI=1S/C15H12FN3O/c1-9-8-11(6-7-12(9)16)14-15(18-20)19-10(2)4-3-5-13(19)17-14/h3-8H,1-2H3. The lowest BCUT2D eigenvalue weighted by molar-refractivity contribution is 0.619. The van der Waals surface area contributed by atoms with Crippen LogP contribution in [0.5, 0.6) is 0 Å². The van der Waals surface area contributed by atoms with Crippen molar-refractivity contribution in [2.45, 2.75) is 13.8 Å². The number of imidazole rings is 1. The molecule has 0 fully saturated rings. The first-order valence-corrected chi connectivity index (χ1v) is 6.20. The maximum atomic E-state index is 13.4. The van der Waals surface area contributed by atoms with Crippen molar-refractivity contribution in [3.63, 3.8) is 0 Å². The molecule has 3 rings (SSSR count). The van der Waals surface area contributed by atoms with Gasteiger partial charge in [-0.1, -0.05) is 6.07 Å². The van der Waals surface area contributed by atoms with Crippen molar-refractivity contribution in [2.75, 3.05) is 0 Å². The molecule has 2 heterocycles. The first-order valence-electron chi connectivity index (χ1n) is 6.20. The summed E-state index contributed by atoms with van der Waals surface area (Å²) in [4.78, 5) is 15.6.